The molecule has 0 aromatic carbocycles. The van der Waals surface area contributed by atoms with Crippen LogP contribution in [0, 0.1) is 29.6 Å². The molecule has 5 unspecified atom stereocenters. The van der Waals surface area contributed by atoms with Crippen molar-refractivity contribution in [3.63, 3.8) is 0 Å². The fraction of sp³-hybridized carbons (Fsp3) is 0.667. The monoisotopic (exact) mass is 593 g/mol. The molecule has 3 fully saturated rings. The molecule has 43 heavy (non-hydrogen) atoms. The summed E-state index contributed by atoms with van der Waals surface area (Å²) >= 11 is 0. The summed E-state index contributed by atoms with van der Waals surface area (Å²) in [7, 11) is 0. The van der Waals surface area contributed by atoms with Gasteiger partial charge in [-0.1, -0.05) is 86.4 Å². The second-order valence-corrected chi connectivity index (χ2v) is 13.7. The quantitative estimate of drug-likeness (QED) is 0.160. The van der Waals surface area contributed by atoms with Crippen LogP contribution in [0.5, 0.6) is 0 Å². The molecule has 0 aromatic rings. The fourth-order valence-electron chi connectivity index (χ4n) is 7.74. The van der Waals surface area contributed by atoms with Crippen molar-refractivity contribution >= 4 is 11.7 Å². The minimum atomic E-state index is -0.522. The van der Waals surface area contributed by atoms with E-state index < -0.39 is 12.0 Å². The number of carbonyl (C=O) groups is 1. The van der Waals surface area contributed by atoms with Gasteiger partial charge in [0.2, 0.25) is 0 Å². The van der Waals surface area contributed by atoms with E-state index in [0.29, 0.717) is 37.0 Å². The molecule has 9 atom stereocenters. The molecule has 0 aromatic heterocycles. The molecule has 0 spiro atoms. The Morgan fingerprint density at radius 1 is 1.12 bits per heavy atom. The van der Waals surface area contributed by atoms with E-state index >= 15 is 0 Å². The first-order valence-electron chi connectivity index (χ1n) is 16.5. The van der Waals surface area contributed by atoms with Gasteiger partial charge in [0.1, 0.15) is 17.9 Å². The maximum Gasteiger partial charge on any atom is 0.313 e. The van der Waals surface area contributed by atoms with Crippen molar-refractivity contribution in [2.75, 3.05) is 6.61 Å². The van der Waals surface area contributed by atoms with Crippen molar-refractivity contribution in [3.8, 4) is 0 Å². The normalized spacial score (nSPS) is 40.0. The molecular formula is C36H51NO6. The highest BCUT2D eigenvalue weighted by Crippen LogP contribution is 2.41. The van der Waals surface area contributed by atoms with Gasteiger partial charge >= 0.3 is 5.97 Å². The number of nitrogens with zero attached hydrogens (tertiary/aromatic N) is 1. The number of hydrogen-bond donors (Lipinski definition) is 2. The number of oxime groups is 1. The summed E-state index contributed by atoms with van der Waals surface area (Å²) in [6.07, 6.45) is 22.1. The number of carbonyl (C=O) groups excluding carboxylic acids is 1. The Hall–Kier alpha value is -2.48. The minimum absolute atomic E-state index is 0.0394. The Bertz CT molecular complexity index is 1170. The molecule has 0 radical (unpaired) electrons. The Labute approximate surface area is 257 Å². The first kappa shape index (κ1) is 31.9. The van der Waals surface area contributed by atoms with Gasteiger partial charge in [0.25, 0.3) is 0 Å². The van der Waals surface area contributed by atoms with Crippen LogP contribution in [0.15, 0.2) is 64.4 Å². The highest BCUT2D eigenvalue weighted by Gasteiger charge is 2.48. The van der Waals surface area contributed by atoms with E-state index in [-0.39, 0.29) is 42.2 Å². The van der Waals surface area contributed by atoms with Crippen LogP contribution in [0.2, 0.25) is 0 Å². The maximum atomic E-state index is 13.9. The molecule has 5 aliphatic rings. The summed E-state index contributed by atoms with van der Waals surface area (Å²) in [5, 5.41) is 24.3. The lowest BCUT2D eigenvalue weighted by molar-refractivity contribution is -0.163. The zero-order valence-electron chi connectivity index (χ0n) is 26.4. The third-order valence-corrected chi connectivity index (χ3v) is 10.1. The van der Waals surface area contributed by atoms with Crippen molar-refractivity contribution in [1.29, 1.82) is 0 Å². The number of esters is 1. The minimum Gasteiger partial charge on any atom is -0.462 e. The molecule has 2 saturated heterocycles. The molecule has 2 aliphatic carbocycles. The second-order valence-electron chi connectivity index (χ2n) is 13.7. The van der Waals surface area contributed by atoms with E-state index in [0.717, 1.165) is 36.8 Å². The fourth-order valence-corrected chi connectivity index (χ4v) is 7.74. The van der Waals surface area contributed by atoms with Crippen LogP contribution in [-0.4, -0.2) is 59.1 Å². The first-order chi connectivity index (χ1) is 20.7. The van der Waals surface area contributed by atoms with E-state index in [1.807, 2.05) is 13.0 Å². The highest BCUT2D eigenvalue weighted by atomic mass is 16.6. The molecule has 3 heterocycles. The molecule has 236 valence electrons. The largest absolute Gasteiger partial charge is 0.462 e. The van der Waals surface area contributed by atoms with Gasteiger partial charge in [-0.15, -0.1) is 0 Å². The second kappa shape index (κ2) is 14.5. The van der Waals surface area contributed by atoms with Crippen LogP contribution in [0.1, 0.15) is 85.5 Å². The van der Waals surface area contributed by atoms with Crippen molar-refractivity contribution in [2.45, 2.75) is 116 Å². The first-order valence-corrected chi connectivity index (χ1v) is 16.5. The molecule has 2 bridgehead atoms. The van der Waals surface area contributed by atoms with Crippen molar-refractivity contribution in [1.82, 2.24) is 0 Å². The van der Waals surface area contributed by atoms with Gasteiger partial charge < -0.3 is 24.5 Å². The van der Waals surface area contributed by atoms with Crippen molar-refractivity contribution in [3.05, 3.63) is 59.3 Å². The molecule has 0 amide bonds. The maximum absolute atomic E-state index is 13.9. The van der Waals surface area contributed by atoms with E-state index in [4.69, 9.17) is 14.2 Å². The van der Waals surface area contributed by atoms with Gasteiger partial charge in [-0.05, 0) is 62.5 Å². The van der Waals surface area contributed by atoms with Crippen LogP contribution >= 0.6 is 0 Å². The smallest absolute Gasteiger partial charge is 0.313 e. The number of ether oxygens (including phenoxy) is 3. The average Bonchev–Trinajstić information content (AvgIpc) is 3.41. The van der Waals surface area contributed by atoms with Crippen LogP contribution in [0.3, 0.4) is 0 Å². The predicted octanol–water partition coefficient (Wildman–Crippen LogP) is 6.86. The van der Waals surface area contributed by atoms with Crippen molar-refractivity contribution in [2.24, 2.45) is 34.7 Å². The van der Waals surface area contributed by atoms with Gasteiger partial charge in [-0.25, -0.2) is 0 Å². The van der Waals surface area contributed by atoms with Gasteiger partial charge in [0.15, 0.2) is 0 Å². The molecule has 5 rings (SSSR count). The molecule has 7 heteroatoms. The summed E-state index contributed by atoms with van der Waals surface area (Å²) in [6.45, 7) is 8.71. The summed E-state index contributed by atoms with van der Waals surface area (Å²) < 4.78 is 18.9. The number of allylic oxidation sites excluding steroid dienone is 4. The summed E-state index contributed by atoms with van der Waals surface area (Å²) in [5.41, 5.74) is 3.54. The predicted molar refractivity (Wildman–Crippen MR) is 168 cm³/mol. The topological polar surface area (TPSA) is 97.6 Å². The van der Waals surface area contributed by atoms with Crippen LogP contribution < -0.4 is 0 Å². The van der Waals surface area contributed by atoms with Gasteiger partial charge in [-0.3, -0.25) is 4.79 Å². The Morgan fingerprint density at radius 3 is 2.67 bits per heavy atom. The third-order valence-electron chi connectivity index (χ3n) is 10.1. The van der Waals surface area contributed by atoms with Crippen LogP contribution in [-0.2, 0) is 19.0 Å². The van der Waals surface area contributed by atoms with Crippen molar-refractivity contribution < 1.29 is 29.3 Å². The molecule has 1 saturated carbocycles. The zero-order chi connectivity index (χ0) is 30.5. The SMILES string of the molecule is CC1=CC2C(=O)OC3CC(C/C=C(\C)C[C@@H](C)/C=C/C=C4\COC(/C1=N/O)C42)O[C@@H](/C=C\[C@H](C)[C@H](O)C1CCCCC1)C3. The lowest BCUT2D eigenvalue weighted by Gasteiger charge is -2.36. The van der Waals surface area contributed by atoms with Gasteiger partial charge in [-0.2, -0.15) is 0 Å². The van der Waals surface area contributed by atoms with Gasteiger partial charge in [0, 0.05) is 24.7 Å². The third kappa shape index (κ3) is 7.79. The van der Waals surface area contributed by atoms with E-state index in [1.54, 1.807) is 0 Å². The highest BCUT2D eigenvalue weighted by molar-refractivity contribution is 6.05. The molecular weight excluding hydrogens is 542 g/mol. The van der Waals surface area contributed by atoms with Gasteiger partial charge in [0.05, 0.1) is 30.8 Å². The number of hydrogen-bond acceptors (Lipinski definition) is 7. The van der Waals surface area contributed by atoms with E-state index in [9.17, 15) is 15.1 Å². The standard InChI is InChI=1S/C36H51NO6/c1-22-9-8-12-27-21-41-35-32(27)31(18-25(4)33(35)37-40)36(39)43-30-19-28(15-13-23(2)17-22)42-29(20-30)16-14-24(3)34(38)26-10-6-5-7-11-26/h8-9,12-14,16,18,22,24,26,28-32,34-35,38,40H,5-7,10-11,15,17,19-21H2,1-4H3/b9-8+,16-14-,23-13+,27-12+,37-33+/t22-,24-,28?,29-,30?,31?,32?,34-,35?/m0/s1. The Kier molecular flexibility index (Phi) is 10.8. The molecule has 2 N–H and O–H groups in total. The number of aliphatic hydroxyl groups is 1. The Balaban J connectivity index is 1.38. The number of rotatable bonds is 4. The van der Waals surface area contributed by atoms with Crippen LogP contribution in [0.4, 0.5) is 0 Å². The summed E-state index contributed by atoms with van der Waals surface area (Å²) in [5.74, 6) is -0.303. The lowest BCUT2D eigenvalue weighted by Crippen LogP contribution is -2.43. The number of fused-ring (bicyclic) bond motifs is 2. The van der Waals surface area contributed by atoms with Crippen LogP contribution in [0.25, 0.3) is 0 Å². The average molecular weight is 594 g/mol. The Morgan fingerprint density at radius 2 is 1.91 bits per heavy atom. The molecule has 3 aliphatic heterocycles. The zero-order valence-corrected chi connectivity index (χ0v) is 26.4. The van der Waals surface area contributed by atoms with E-state index in [1.165, 1.54) is 24.8 Å². The lowest BCUT2D eigenvalue weighted by atomic mass is 9.75. The summed E-state index contributed by atoms with van der Waals surface area (Å²) in [4.78, 5) is 13.9. The van der Waals surface area contributed by atoms with E-state index in [2.05, 4.69) is 62.4 Å². The number of aliphatic hydroxyl groups excluding tert-OH is 1. The molecule has 7 nitrogen and oxygen atoms in total. The summed E-state index contributed by atoms with van der Waals surface area (Å²) in [6, 6.07) is 0.